The smallest absolute Gasteiger partial charge is 0.317 e. The lowest BCUT2D eigenvalue weighted by Gasteiger charge is -2.21. The molecule has 0 aliphatic heterocycles. The summed E-state index contributed by atoms with van der Waals surface area (Å²) in [5, 5.41) is 13.9. The molecule has 0 rings (SSSR count). The number of nitrogens with two attached hydrogens (primary N) is 1. The molecule has 14 heavy (non-hydrogen) atoms. The number of hydrogen-bond acceptors (Lipinski definition) is 3. The first-order valence-corrected chi connectivity index (χ1v) is 4.53. The van der Waals surface area contributed by atoms with E-state index in [9.17, 15) is 4.79 Å². The van der Waals surface area contributed by atoms with Crippen molar-refractivity contribution in [2.24, 2.45) is 10.9 Å². The molecular formula is C8H18N4O2. The molecule has 0 saturated carbocycles. The number of likely N-dealkylation sites (N-methyl/N-ethyl adjacent to an activating group) is 1. The zero-order chi connectivity index (χ0) is 11.1. The topological polar surface area (TPSA) is 90.9 Å². The van der Waals surface area contributed by atoms with Crippen LogP contribution in [0.5, 0.6) is 0 Å². The Morgan fingerprint density at radius 2 is 2.21 bits per heavy atom. The molecule has 0 heterocycles. The van der Waals surface area contributed by atoms with E-state index in [1.165, 1.54) is 4.90 Å². The summed E-state index contributed by atoms with van der Waals surface area (Å²) in [7, 11) is 0. The molecule has 0 fully saturated rings. The molecule has 0 aliphatic rings. The quantitative estimate of drug-likeness (QED) is 0.263. The third-order valence-electron chi connectivity index (χ3n) is 1.56. The van der Waals surface area contributed by atoms with Crippen molar-refractivity contribution < 1.29 is 10.0 Å². The van der Waals surface area contributed by atoms with Gasteiger partial charge in [0, 0.05) is 12.6 Å². The van der Waals surface area contributed by atoms with Gasteiger partial charge in [-0.1, -0.05) is 5.16 Å². The maximum absolute atomic E-state index is 11.5. The maximum Gasteiger partial charge on any atom is 0.317 e. The first-order chi connectivity index (χ1) is 6.51. The molecule has 4 N–H and O–H groups in total. The molecule has 0 saturated heterocycles. The Morgan fingerprint density at radius 3 is 2.57 bits per heavy atom. The van der Waals surface area contributed by atoms with Crippen molar-refractivity contribution in [1.82, 2.24) is 10.2 Å². The van der Waals surface area contributed by atoms with Crippen molar-refractivity contribution in [3.05, 3.63) is 0 Å². The van der Waals surface area contributed by atoms with Crippen molar-refractivity contribution in [2.45, 2.75) is 26.8 Å². The summed E-state index contributed by atoms with van der Waals surface area (Å²) in [5.41, 5.74) is 5.30. The number of amidine groups is 1. The molecule has 0 radical (unpaired) electrons. The summed E-state index contributed by atoms with van der Waals surface area (Å²) < 4.78 is 0. The second-order valence-corrected chi connectivity index (χ2v) is 3.21. The van der Waals surface area contributed by atoms with Crippen LogP contribution in [0.15, 0.2) is 5.16 Å². The zero-order valence-electron chi connectivity index (χ0n) is 8.82. The molecule has 0 atom stereocenters. The fraction of sp³-hybridized carbons (Fsp3) is 0.750. The highest BCUT2D eigenvalue weighted by Crippen LogP contribution is 1.90. The van der Waals surface area contributed by atoms with Gasteiger partial charge in [-0.15, -0.1) is 0 Å². The largest absolute Gasteiger partial charge is 0.409 e. The predicted octanol–water partition coefficient (Wildman–Crippen LogP) is 0.173. The summed E-state index contributed by atoms with van der Waals surface area (Å²) in [4.78, 5) is 12.9. The van der Waals surface area contributed by atoms with Crippen LogP contribution in [0, 0.1) is 0 Å². The lowest BCUT2D eigenvalue weighted by atomic mass is 10.4. The van der Waals surface area contributed by atoms with Crippen molar-refractivity contribution >= 4 is 11.9 Å². The van der Waals surface area contributed by atoms with Crippen molar-refractivity contribution in [2.75, 3.05) is 13.1 Å². The number of urea groups is 1. The number of carbonyl (C=O) groups is 1. The minimum absolute atomic E-state index is 0.0192. The van der Waals surface area contributed by atoms with E-state index in [4.69, 9.17) is 10.9 Å². The van der Waals surface area contributed by atoms with Gasteiger partial charge in [-0.25, -0.2) is 4.79 Å². The van der Waals surface area contributed by atoms with Crippen LogP contribution in [-0.4, -0.2) is 41.1 Å². The second kappa shape index (κ2) is 6.06. The highest BCUT2D eigenvalue weighted by Gasteiger charge is 2.13. The molecular weight excluding hydrogens is 184 g/mol. The van der Waals surface area contributed by atoms with E-state index in [2.05, 4.69) is 10.5 Å². The lowest BCUT2D eigenvalue weighted by molar-refractivity contribution is 0.204. The number of rotatable bonds is 4. The Bertz CT molecular complexity index is 215. The summed E-state index contributed by atoms with van der Waals surface area (Å²) in [6.07, 6.45) is 0. The van der Waals surface area contributed by atoms with Gasteiger partial charge in [-0.2, -0.15) is 0 Å². The highest BCUT2D eigenvalue weighted by atomic mass is 16.4. The number of hydrogen-bond donors (Lipinski definition) is 3. The van der Waals surface area contributed by atoms with Crippen LogP contribution in [0.2, 0.25) is 0 Å². The molecule has 6 heteroatoms. The Morgan fingerprint density at radius 1 is 1.64 bits per heavy atom. The number of oxime groups is 1. The van der Waals surface area contributed by atoms with Crippen LogP contribution in [0.1, 0.15) is 20.8 Å². The fourth-order valence-corrected chi connectivity index (χ4v) is 0.893. The number of nitrogens with one attached hydrogen (secondary N) is 1. The highest BCUT2D eigenvalue weighted by molar-refractivity contribution is 5.86. The third kappa shape index (κ3) is 4.54. The Hall–Kier alpha value is -1.46. The fourth-order valence-electron chi connectivity index (χ4n) is 0.893. The third-order valence-corrected chi connectivity index (χ3v) is 1.56. The first-order valence-electron chi connectivity index (χ1n) is 4.53. The molecule has 0 spiro atoms. The van der Waals surface area contributed by atoms with Crippen LogP contribution in [0.25, 0.3) is 0 Å². The number of amides is 2. The molecule has 0 aromatic heterocycles. The monoisotopic (exact) mass is 202 g/mol. The first kappa shape index (κ1) is 12.5. The van der Waals surface area contributed by atoms with Crippen LogP contribution in [-0.2, 0) is 0 Å². The van der Waals surface area contributed by atoms with Crippen molar-refractivity contribution in [3.8, 4) is 0 Å². The molecule has 0 aromatic carbocycles. The minimum Gasteiger partial charge on any atom is -0.409 e. The normalized spacial score (nSPS) is 11.6. The molecule has 0 aliphatic carbocycles. The average Bonchev–Trinajstić information content (AvgIpc) is 2.12. The summed E-state index contributed by atoms with van der Waals surface area (Å²) >= 11 is 0. The Balaban J connectivity index is 4.19. The number of nitrogens with zero attached hydrogens (tertiary/aromatic N) is 2. The minimum atomic E-state index is -0.214. The lowest BCUT2D eigenvalue weighted by Crippen LogP contribution is -2.46. The zero-order valence-corrected chi connectivity index (χ0v) is 8.82. The summed E-state index contributed by atoms with van der Waals surface area (Å²) in [5.74, 6) is 0.0192. The van der Waals surface area contributed by atoms with Gasteiger partial charge in [0.15, 0.2) is 5.84 Å². The van der Waals surface area contributed by atoms with Crippen LogP contribution in [0.4, 0.5) is 4.79 Å². The molecule has 0 bridgehead atoms. The van der Waals surface area contributed by atoms with Crippen molar-refractivity contribution in [3.63, 3.8) is 0 Å². The Kier molecular flexibility index (Phi) is 5.43. The van der Waals surface area contributed by atoms with Gasteiger partial charge in [0.25, 0.3) is 0 Å². The predicted molar refractivity (Wildman–Crippen MR) is 54.3 cm³/mol. The van der Waals surface area contributed by atoms with E-state index < -0.39 is 0 Å². The van der Waals surface area contributed by atoms with E-state index in [1.807, 2.05) is 20.8 Å². The van der Waals surface area contributed by atoms with Gasteiger partial charge in [0.05, 0.1) is 6.54 Å². The van der Waals surface area contributed by atoms with Crippen LogP contribution >= 0.6 is 0 Å². The average molecular weight is 202 g/mol. The molecule has 0 unspecified atom stereocenters. The molecule has 0 aromatic rings. The van der Waals surface area contributed by atoms with Gasteiger partial charge in [0.1, 0.15) is 0 Å². The standard InChI is InChI=1S/C8H18N4O2/c1-4-12(5-7(9)11-14)8(13)10-6(2)3/h6,14H,4-5H2,1-3H3,(H2,9,11)(H,10,13). The van der Waals surface area contributed by atoms with Crippen LogP contribution < -0.4 is 11.1 Å². The van der Waals surface area contributed by atoms with Gasteiger partial charge < -0.3 is 21.2 Å². The van der Waals surface area contributed by atoms with Gasteiger partial charge in [-0.3, -0.25) is 0 Å². The van der Waals surface area contributed by atoms with E-state index in [-0.39, 0.29) is 24.5 Å². The van der Waals surface area contributed by atoms with Gasteiger partial charge >= 0.3 is 6.03 Å². The van der Waals surface area contributed by atoms with E-state index in [1.54, 1.807) is 0 Å². The summed E-state index contributed by atoms with van der Waals surface area (Å²) in [6, 6.07) is -0.141. The van der Waals surface area contributed by atoms with Crippen LogP contribution in [0.3, 0.4) is 0 Å². The van der Waals surface area contributed by atoms with Gasteiger partial charge in [-0.05, 0) is 20.8 Å². The summed E-state index contributed by atoms with van der Waals surface area (Å²) in [6.45, 7) is 6.20. The molecule has 82 valence electrons. The van der Waals surface area contributed by atoms with E-state index >= 15 is 0 Å². The molecule has 6 nitrogen and oxygen atoms in total. The van der Waals surface area contributed by atoms with E-state index in [0.717, 1.165) is 0 Å². The maximum atomic E-state index is 11.5. The van der Waals surface area contributed by atoms with Crippen molar-refractivity contribution in [1.29, 1.82) is 0 Å². The SMILES string of the molecule is CCN(CC(N)=NO)C(=O)NC(C)C. The Labute approximate surface area is 83.7 Å². The number of carbonyl (C=O) groups excluding carboxylic acids is 1. The van der Waals surface area contributed by atoms with E-state index in [0.29, 0.717) is 6.54 Å². The second-order valence-electron chi connectivity index (χ2n) is 3.21. The molecule has 2 amide bonds. The van der Waals surface area contributed by atoms with Gasteiger partial charge in [0.2, 0.25) is 0 Å².